The van der Waals surface area contributed by atoms with Gasteiger partial charge < -0.3 is 24.4 Å². The molecule has 1 saturated heterocycles. The normalized spacial score (nSPS) is 13.9. The number of hydrazone groups is 1. The Morgan fingerprint density at radius 3 is 2.90 bits per heavy atom. The quantitative estimate of drug-likeness (QED) is 0.390. The Morgan fingerprint density at radius 1 is 1.30 bits per heavy atom. The highest BCUT2D eigenvalue weighted by Gasteiger charge is 2.14. The van der Waals surface area contributed by atoms with Crippen LogP contribution in [0, 0.1) is 6.92 Å². The molecule has 1 aliphatic heterocycles. The summed E-state index contributed by atoms with van der Waals surface area (Å²) in [5, 5.41) is 6.87. The smallest absolute Gasteiger partial charge is 0.406 e. The maximum atomic E-state index is 11.1. The molecule has 0 unspecified atom stereocenters. The second-order valence-corrected chi connectivity index (χ2v) is 6.70. The van der Waals surface area contributed by atoms with Gasteiger partial charge in [0.2, 0.25) is 5.88 Å². The molecule has 2 aromatic rings. The highest BCUT2D eigenvalue weighted by Crippen LogP contribution is 2.24. The fourth-order valence-corrected chi connectivity index (χ4v) is 2.93. The topological polar surface area (TPSA) is 97.3 Å². The lowest BCUT2D eigenvalue weighted by Crippen LogP contribution is -2.36. The summed E-state index contributed by atoms with van der Waals surface area (Å²) in [6, 6.07) is 11.9. The van der Waals surface area contributed by atoms with E-state index in [-0.39, 0.29) is 6.61 Å². The number of carbonyl (C=O) groups excluding carboxylic acids is 1. The number of amides is 1. The number of nitrogens with one attached hydrogen (secondary N) is 2. The second kappa shape index (κ2) is 11.0. The molecule has 2 heterocycles. The summed E-state index contributed by atoms with van der Waals surface area (Å²) in [5.74, 6) is 1.01. The van der Waals surface area contributed by atoms with Gasteiger partial charge in [0.15, 0.2) is 5.82 Å². The van der Waals surface area contributed by atoms with Crippen molar-refractivity contribution in [2.75, 3.05) is 56.9 Å². The van der Waals surface area contributed by atoms with Gasteiger partial charge in [0.05, 0.1) is 33.1 Å². The van der Waals surface area contributed by atoms with Gasteiger partial charge >= 0.3 is 6.09 Å². The van der Waals surface area contributed by atoms with E-state index in [0.29, 0.717) is 31.5 Å². The lowest BCUT2D eigenvalue weighted by Gasteiger charge is -2.29. The molecule has 9 heteroatoms. The number of methoxy groups -OCH3 is 1. The van der Waals surface area contributed by atoms with Crippen molar-refractivity contribution in [3.63, 3.8) is 0 Å². The van der Waals surface area contributed by atoms with E-state index in [0.717, 1.165) is 24.3 Å². The first-order chi connectivity index (χ1) is 14.6. The predicted molar refractivity (Wildman–Crippen MR) is 116 cm³/mol. The van der Waals surface area contributed by atoms with Gasteiger partial charge in [0, 0.05) is 30.9 Å². The molecule has 160 valence electrons. The van der Waals surface area contributed by atoms with Crippen molar-refractivity contribution in [1.82, 2.24) is 10.3 Å². The van der Waals surface area contributed by atoms with Gasteiger partial charge in [0.25, 0.3) is 0 Å². The average molecular weight is 413 g/mol. The molecule has 1 aliphatic rings. The van der Waals surface area contributed by atoms with Crippen LogP contribution in [0.4, 0.5) is 16.3 Å². The molecule has 1 fully saturated rings. The van der Waals surface area contributed by atoms with Gasteiger partial charge in [-0.25, -0.2) is 4.79 Å². The first-order valence-electron chi connectivity index (χ1n) is 9.79. The van der Waals surface area contributed by atoms with E-state index in [9.17, 15) is 4.79 Å². The summed E-state index contributed by atoms with van der Waals surface area (Å²) < 4.78 is 15.7. The number of hydrogen-bond donors (Lipinski definition) is 2. The molecule has 0 atom stereocenters. The Hall–Kier alpha value is -3.33. The minimum Gasteiger partial charge on any atom is -0.476 e. The third kappa shape index (κ3) is 6.63. The molecule has 30 heavy (non-hydrogen) atoms. The van der Waals surface area contributed by atoms with Crippen LogP contribution in [0.5, 0.6) is 5.88 Å². The van der Waals surface area contributed by atoms with Crippen LogP contribution in [0.3, 0.4) is 0 Å². The number of aryl methyl sites for hydroxylation is 1. The van der Waals surface area contributed by atoms with E-state index < -0.39 is 6.09 Å². The molecular weight excluding hydrogens is 386 g/mol. The maximum Gasteiger partial charge on any atom is 0.406 e. The predicted octanol–water partition coefficient (Wildman–Crippen LogP) is 2.41. The Balaban J connectivity index is 1.69. The molecule has 0 saturated carbocycles. The number of carbonyl (C=O) groups is 1. The summed E-state index contributed by atoms with van der Waals surface area (Å²) in [7, 11) is 1.32. The van der Waals surface area contributed by atoms with Crippen LogP contribution in [-0.2, 0) is 9.47 Å². The number of hydrogen-bond acceptors (Lipinski definition) is 8. The molecule has 0 radical (unpaired) electrons. The Labute approximate surface area is 176 Å². The summed E-state index contributed by atoms with van der Waals surface area (Å²) in [5.41, 5.74) is 6.12. The number of benzene rings is 1. The van der Waals surface area contributed by atoms with E-state index in [1.54, 1.807) is 6.21 Å². The van der Waals surface area contributed by atoms with Gasteiger partial charge in [0.1, 0.15) is 6.61 Å². The highest BCUT2D eigenvalue weighted by atomic mass is 16.5. The maximum absolute atomic E-state index is 11.1. The van der Waals surface area contributed by atoms with Crippen LogP contribution in [-0.4, -0.2) is 63.9 Å². The van der Waals surface area contributed by atoms with Crippen LogP contribution in [0.2, 0.25) is 0 Å². The lowest BCUT2D eigenvalue weighted by atomic mass is 10.2. The van der Waals surface area contributed by atoms with E-state index in [1.807, 2.05) is 43.3 Å². The van der Waals surface area contributed by atoms with Crippen LogP contribution >= 0.6 is 0 Å². The number of alkyl carbamates (subject to hydrolysis) is 1. The third-order valence-corrected chi connectivity index (χ3v) is 4.40. The van der Waals surface area contributed by atoms with Crippen molar-refractivity contribution in [1.29, 1.82) is 0 Å². The number of pyridine rings is 1. The first-order valence-corrected chi connectivity index (χ1v) is 9.79. The summed E-state index contributed by atoms with van der Waals surface area (Å²) in [6.45, 7) is 5.55. The number of nitrogens with zero attached hydrogens (tertiary/aromatic N) is 3. The molecule has 1 aromatic carbocycles. The van der Waals surface area contributed by atoms with Crippen molar-refractivity contribution in [3.8, 4) is 5.88 Å². The van der Waals surface area contributed by atoms with Gasteiger partial charge in [-0.2, -0.15) is 10.1 Å². The molecule has 1 aromatic heterocycles. The molecule has 1 amide bonds. The molecule has 0 bridgehead atoms. The number of morpholine rings is 1. The number of anilines is 2. The Bertz CT molecular complexity index is 868. The fraction of sp³-hybridized carbons (Fsp3) is 0.381. The minimum absolute atomic E-state index is 0.265. The van der Waals surface area contributed by atoms with Gasteiger partial charge in [-0.15, -0.1) is 0 Å². The first kappa shape index (κ1) is 21.4. The lowest BCUT2D eigenvalue weighted by molar-refractivity contribution is 0.122. The van der Waals surface area contributed by atoms with Crippen molar-refractivity contribution in [3.05, 3.63) is 47.5 Å². The standard InChI is InChI=1S/C21H27N5O4/c1-16-4-3-5-17(12-16)15-23-25-19-13-18(26-7-10-29-11-8-26)14-20(24-19)30-9-6-22-21(27)28-2/h3-5,12-15H,6-11H2,1-2H3,(H,22,27)(H,24,25). The van der Waals surface area contributed by atoms with Crippen molar-refractivity contribution in [2.45, 2.75) is 6.92 Å². The summed E-state index contributed by atoms with van der Waals surface area (Å²) >= 11 is 0. The van der Waals surface area contributed by atoms with Crippen LogP contribution in [0.25, 0.3) is 0 Å². The fourth-order valence-electron chi connectivity index (χ4n) is 2.93. The monoisotopic (exact) mass is 413 g/mol. The Kier molecular flexibility index (Phi) is 7.85. The second-order valence-electron chi connectivity index (χ2n) is 6.70. The SMILES string of the molecule is COC(=O)NCCOc1cc(N2CCOCC2)cc(NN=Cc2cccc(C)c2)n1. The highest BCUT2D eigenvalue weighted by molar-refractivity contribution is 5.80. The van der Waals surface area contributed by atoms with E-state index in [4.69, 9.17) is 9.47 Å². The molecule has 0 spiro atoms. The minimum atomic E-state index is -0.499. The van der Waals surface area contributed by atoms with Gasteiger partial charge in [-0.05, 0) is 12.5 Å². The van der Waals surface area contributed by atoms with Gasteiger partial charge in [-0.1, -0.05) is 29.8 Å². The zero-order chi connectivity index (χ0) is 21.2. The third-order valence-electron chi connectivity index (χ3n) is 4.40. The van der Waals surface area contributed by atoms with Crippen LogP contribution in [0.1, 0.15) is 11.1 Å². The van der Waals surface area contributed by atoms with Crippen molar-refractivity contribution >= 4 is 23.8 Å². The number of aromatic nitrogens is 1. The molecule has 9 nitrogen and oxygen atoms in total. The summed E-state index contributed by atoms with van der Waals surface area (Å²) in [4.78, 5) is 17.8. The zero-order valence-electron chi connectivity index (χ0n) is 17.3. The number of ether oxygens (including phenoxy) is 3. The van der Waals surface area contributed by atoms with E-state index >= 15 is 0 Å². The molecular formula is C21H27N5O4. The Morgan fingerprint density at radius 2 is 2.13 bits per heavy atom. The molecule has 2 N–H and O–H groups in total. The average Bonchev–Trinajstić information content (AvgIpc) is 2.77. The van der Waals surface area contributed by atoms with Crippen LogP contribution < -0.4 is 20.4 Å². The van der Waals surface area contributed by atoms with Crippen LogP contribution in [0.15, 0.2) is 41.5 Å². The van der Waals surface area contributed by atoms with Crippen molar-refractivity contribution < 1.29 is 19.0 Å². The molecule has 0 aliphatic carbocycles. The van der Waals surface area contributed by atoms with Gasteiger partial charge in [-0.3, -0.25) is 5.43 Å². The molecule has 3 rings (SSSR count). The van der Waals surface area contributed by atoms with E-state index in [2.05, 4.69) is 30.5 Å². The number of rotatable bonds is 8. The van der Waals surface area contributed by atoms with E-state index in [1.165, 1.54) is 12.7 Å². The largest absolute Gasteiger partial charge is 0.476 e. The zero-order valence-corrected chi connectivity index (χ0v) is 17.3. The van der Waals surface area contributed by atoms with Crippen molar-refractivity contribution in [2.24, 2.45) is 5.10 Å². The summed E-state index contributed by atoms with van der Waals surface area (Å²) in [6.07, 6.45) is 1.25.